The van der Waals surface area contributed by atoms with Crippen molar-refractivity contribution in [3.05, 3.63) is 53.7 Å². The highest BCUT2D eigenvalue weighted by atomic mass is 16.5. The zero-order valence-corrected chi connectivity index (χ0v) is 11.9. The van der Waals surface area contributed by atoms with Gasteiger partial charge in [-0.3, -0.25) is 4.79 Å². The molecule has 0 spiro atoms. The standard InChI is InChI=1S/C16H18N2O2/c1-11-8-9-17-15(10-11)18-14-6-4-13(5-7-14)12(2)16(19)20-3/h4-10,12H,1-3H3,(H,17,18)/t12-/m0/s1. The third-order valence-electron chi connectivity index (χ3n) is 3.15. The SMILES string of the molecule is COC(=O)[C@@H](C)c1ccc(Nc2cc(C)ccn2)cc1. The highest BCUT2D eigenvalue weighted by molar-refractivity contribution is 5.77. The van der Waals surface area contributed by atoms with Crippen LogP contribution in [-0.4, -0.2) is 18.1 Å². The molecule has 0 bridgehead atoms. The van der Waals surface area contributed by atoms with Crippen LogP contribution in [0.1, 0.15) is 24.0 Å². The van der Waals surface area contributed by atoms with E-state index in [4.69, 9.17) is 4.74 Å². The van der Waals surface area contributed by atoms with Crippen LogP contribution in [0, 0.1) is 6.92 Å². The maximum atomic E-state index is 11.5. The molecular weight excluding hydrogens is 252 g/mol. The second kappa shape index (κ2) is 6.19. The first-order chi connectivity index (χ1) is 9.60. The number of anilines is 2. The van der Waals surface area contributed by atoms with Crippen LogP contribution in [0.2, 0.25) is 0 Å². The van der Waals surface area contributed by atoms with Gasteiger partial charge >= 0.3 is 5.97 Å². The van der Waals surface area contributed by atoms with E-state index in [1.54, 1.807) is 6.20 Å². The van der Waals surface area contributed by atoms with E-state index in [1.165, 1.54) is 7.11 Å². The molecule has 4 heteroatoms. The van der Waals surface area contributed by atoms with Crippen molar-refractivity contribution in [2.75, 3.05) is 12.4 Å². The number of hydrogen-bond donors (Lipinski definition) is 1. The summed E-state index contributed by atoms with van der Waals surface area (Å²) >= 11 is 0. The number of aromatic nitrogens is 1. The Morgan fingerprint density at radius 3 is 2.55 bits per heavy atom. The number of methoxy groups -OCH3 is 1. The predicted octanol–water partition coefficient (Wildman–Crippen LogP) is 3.41. The highest BCUT2D eigenvalue weighted by Gasteiger charge is 2.15. The van der Waals surface area contributed by atoms with Crippen LogP contribution in [0.3, 0.4) is 0 Å². The summed E-state index contributed by atoms with van der Waals surface area (Å²) in [6, 6.07) is 11.6. The molecule has 1 N–H and O–H groups in total. The van der Waals surface area contributed by atoms with Crippen molar-refractivity contribution in [3.8, 4) is 0 Å². The second-order valence-corrected chi connectivity index (χ2v) is 4.71. The zero-order valence-electron chi connectivity index (χ0n) is 11.9. The smallest absolute Gasteiger partial charge is 0.312 e. The zero-order chi connectivity index (χ0) is 14.5. The van der Waals surface area contributed by atoms with Gasteiger partial charge in [-0.1, -0.05) is 12.1 Å². The summed E-state index contributed by atoms with van der Waals surface area (Å²) in [7, 11) is 1.40. The number of esters is 1. The van der Waals surface area contributed by atoms with Gasteiger partial charge < -0.3 is 10.1 Å². The van der Waals surface area contributed by atoms with Gasteiger partial charge in [0.2, 0.25) is 0 Å². The first kappa shape index (κ1) is 14.1. The number of pyridine rings is 1. The predicted molar refractivity (Wildman–Crippen MR) is 79.1 cm³/mol. The molecule has 2 rings (SSSR count). The number of benzene rings is 1. The molecule has 0 fully saturated rings. The van der Waals surface area contributed by atoms with Crippen molar-refractivity contribution in [1.82, 2.24) is 4.98 Å². The molecular formula is C16H18N2O2. The van der Waals surface area contributed by atoms with Crippen molar-refractivity contribution < 1.29 is 9.53 Å². The molecule has 0 radical (unpaired) electrons. The molecule has 0 aliphatic carbocycles. The fourth-order valence-electron chi connectivity index (χ4n) is 1.92. The summed E-state index contributed by atoms with van der Waals surface area (Å²) in [5.74, 6) is 0.316. The minimum Gasteiger partial charge on any atom is -0.469 e. The summed E-state index contributed by atoms with van der Waals surface area (Å²) in [6.07, 6.45) is 1.77. The van der Waals surface area contributed by atoms with Crippen molar-refractivity contribution >= 4 is 17.5 Å². The van der Waals surface area contributed by atoms with Gasteiger partial charge in [0.25, 0.3) is 0 Å². The lowest BCUT2D eigenvalue weighted by atomic mass is 10.0. The van der Waals surface area contributed by atoms with Crippen LogP contribution in [0.4, 0.5) is 11.5 Å². The summed E-state index contributed by atoms with van der Waals surface area (Å²) in [5.41, 5.74) is 3.02. The molecule has 20 heavy (non-hydrogen) atoms. The van der Waals surface area contributed by atoms with Gasteiger partial charge in [-0.25, -0.2) is 4.98 Å². The topological polar surface area (TPSA) is 51.2 Å². The molecule has 1 atom stereocenters. The van der Waals surface area contributed by atoms with Crippen LogP contribution in [0.25, 0.3) is 0 Å². The second-order valence-electron chi connectivity index (χ2n) is 4.71. The molecule has 0 saturated carbocycles. The van der Waals surface area contributed by atoms with E-state index >= 15 is 0 Å². The fourth-order valence-corrected chi connectivity index (χ4v) is 1.92. The van der Waals surface area contributed by atoms with E-state index in [9.17, 15) is 4.79 Å². The van der Waals surface area contributed by atoms with E-state index in [0.29, 0.717) is 0 Å². The van der Waals surface area contributed by atoms with Crippen molar-refractivity contribution in [1.29, 1.82) is 0 Å². The van der Waals surface area contributed by atoms with E-state index in [0.717, 1.165) is 22.6 Å². The number of ether oxygens (including phenoxy) is 1. The van der Waals surface area contributed by atoms with Crippen molar-refractivity contribution in [2.45, 2.75) is 19.8 Å². The number of rotatable bonds is 4. The van der Waals surface area contributed by atoms with E-state index in [2.05, 4.69) is 10.3 Å². The number of carbonyl (C=O) groups is 1. The molecule has 104 valence electrons. The molecule has 0 amide bonds. The monoisotopic (exact) mass is 270 g/mol. The first-order valence-electron chi connectivity index (χ1n) is 6.47. The molecule has 0 unspecified atom stereocenters. The Morgan fingerprint density at radius 1 is 1.25 bits per heavy atom. The molecule has 0 saturated heterocycles. The molecule has 1 heterocycles. The van der Waals surface area contributed by atoms with Crippen LogP contribution in [0.5, 0.6) is 0 Å². The average Bonchev–Trinajstić information content (AvgIpc) is 2.46. The Morgan fingerprint density at radius 2 is 1.95 bits per heavy atom. The van der Waals surface area contributed by atoms with Crippen LogP contribution in [0.15, 0.2) is 42.6 Å². The molecule has 0 aliphatic heterocycles. The van der Waals surface area contributed by atoms with E-state index in [-0.39, 0.29) is 11.9 Å². The molecule has 0 aliphatic rings. The largest absolute Gasteiger partial charge is 0.469 e. The summed E-state index contributed by atoms with van der Waals surface area (Å²) in [6.45, 7) is 3.85. The molecule has 1 aromatic carbocycles. The summed E-state index contributed by atoms with van der Waals surface area (Å²) in [4.78, 5) is 15.7. The number of aryl methyl sites for hydroxylation is 1. The van der Waals surface area contributed by atoms with Crippen LogP contribution >= 0.6 is 0 Å². The van der Waals surface area contributed by atoms with Gasteiger partial charge in [0.15, 0.2) is 0 Å². The third kappa shape index (κ3) is 3.35. The Hall–Kier alpha value is -2.36. The molecule has 4 nitrogen and oxygen atoms in total. The van der Waals surface area contributed by atoms with Crippen LogP contribution < -0.4 is 5.32 Å². The quantitative estimate of drug-likeness (QED) is 0.865. The minimum absolute atomic E-state index is 0.230. The number of nitrogens with one attached hydrogen (secondary N) is 1. The number of carbonyl (C=O) groups excluding carboxylic acids is 1. The Bertz CT molecular complexity index is 594. The van der Waals surface area contributed by atoms with Gasteiger partial charge in [0.1, 0.15) is 5.82 Å². The summed E-state index contributed by atoms with van der Waals surface area (Å²) < 4.78 is 4.74. The van der Waals surface area contributed by atoms with Gasteiger partial charge in [-0.05, 0) is 49.2 Å². The minimum atomic E-state index is -0.258. The number of nitrogens with zero attached hydrogens (tertiary/aromatic N) is 1. The normalized spacial score (nSPS) is 11.8. The Kier molecular flexibility index (Phi) is 4.35. The van der Waals surface area contributed by atoms with Crippen LogP contribution in [-0.2, 0) is 9.53 Å². The molecule has 1 aromatic heterocycles. The summed E-state index contributed by atoms with van der Waals surface area (Å²) in [5, 5.41) is 3.23. The fraction of sp³-hybridized carbons (Fsp3) is 0.250. The van der Waals surface area contributed by atoms with Crippen molar-refractivity contribution in [2.24, 2.45) is 0 Å². The van der Waals surface area contributed by atoms with Gasteiger partial charge in [-0.15, -0.1) is 0 Å². The maximum absolute atomic E-state index is 11.5. The number of hydrogen-bond acceptors (Lipinski definition) is 4. The average molecular weight is 270 g/mol. The maximum Gasteiger partial charge on any atom is 0.312 e. The lowest BCUT2D eigenvalue weighted by Gasteiger charge is -2.11. The Balaban J connectivity index is 2.10. The van der Waals surface area contributed by atoms with Gasteiger partial charge in [0, 0.05) is 11.9 Å². The van der Waals surface area contributed by atoms with E-state index < -0.39 is 0 Å². The highest BCUT2D eigenvalue weighted by Crippen LogP contribution is 2.21. The lowest BCUT2D eigenvalue weighted by Crippen LogP contribution is -2.10. The molecule has 2 aromatic rings. The van der Waals surface area contributed by atoms with Gasteiger partial charge in [-0.2, -0.15) is 0 Å². The van der Waals surface area contributed by atoms with E-state index in [1.807, 2.05) is 50.2 Å². The van der Waals surface area contributed by atoms with Gasteiger partial charge in [0.05, 0.1) is 13.0 Å². The van der Waals surface area contributed by atoms with Crippen molar-refractivity contribution in [3.63, 3.8) is 0 Å². The Labute approximate surface area is 118 Å². The first-order valence-corrected chi connectivity index (χ1v) is 6.47. The third-order valence-corrected chi connectivity index (χ3v) is 3.15. The lowest BCUT2D eigenvalue weighted by molar-refractivity contribution is -0.141.